The van der Waals surface area contributed by atoms with Crippen LogP contribution >= 0.6 is 11.6 Å². The van der Waals surface area contributed by atoms with Gasteiger partial charge in [-0.05, 0) is 54.7 Å². The summed E-state index contributed by atoms with van der Waals surface area (Å²) in [5.74, 6) is -1.87. The van der Waals surface area contributed by atoms with Crippen molar-refractivity contribution in [3.05, 3.63) is 64.4 Å². The first-order chi connectivity index (χ1) is 15.0. The van der Waals surface area contributed by atoms with Gasteiger partial charge < -0.3 is 10.6 Å². The smallest absolute Gasteiger partial charge is 0.254 e. The summed E-state index contributed by atoms with van der Waals surface area (Å²) >= 11 is 6.20. The summed E-state index contributed by atoms with van der Waals surface area (Å²) in [5, 5.41) is -0.000915. The minimum atomic E-state index is -3.91. The van der Waals surface area contributed by atoms with E-state index in [4.69, 9.17) is 17.3 Å². The molecule has 2 amide bonds. The van der Waals surface area contributed by atoms with Gasteiger partial charge in [-0.2, -0.15) is 4.31 Å². The lowest BCUT2D eigenvalue weighted by Crippen LogP contribution is -2.40. The highest BCUT2D eigenvalue weighted by molar-refractivity contribution is 7.89. The first-order valence-electron chi connectivity index (χ1n) is 10.1. The molecule has 32 heavy (non-hydrogen) atoms. The second-order valence-electron chi connectivity index (χ2n) is 8.03. The average Bonchev–Trinajstić information content (AvgIpc) is 2.73. The van der Waals surface area contributed by atoms with Gasteiger partial charge in [0.25, 0.3) is 5.91 Å². The molecule has 1 fully saturated rings. The van der Waals surface area contributed by atoms with Crippen LogP contribution in [0.2, 0.25) is 5.02 Å². The molecule has 0 saturated carbocycles. The Labute approximate surface area is 192 Å². The van der Waals surface area contributed by atoms with E-state index < -0.39 is 33.7 Å². The maximum Gasteiger partial charge on any atom is 0.254 e. The number of piperidine rings is 1. The molecule has 1 saturated heterocycles. The zero-order chi connectivity index (χ0) is 23.6. The van der Waals surface area contributed by atoms with Crippen LogP contribution in [0, 0.1) is 11.7 Å². The van der Waals surface area contributed by atoms with Crippen molar-refractivity contribution in [1.29, 1.82) is 0 Å². The molecule has 0 spiro atoms. The third kappa shape index (κ3) is 4.95. The molecule has 0 radical (unpaired) electrons. The minimum absolute atomic E-state index is 0.000915. The van der Waals surface area contributed by atoms with Gasteiger partial charge in [-0.25, -0.2) is 12.8 Å². The monoisotopic (exact) mass is 481 g/mol. The lowest BCUT2D eigenvalue weighted by atomic mass is 10.0. The second kappa shape index (κ2) is 9.56. The molecule has 2 N–H and O–H groups in total. The quantitative estimate of drug-likeness (QED) is 0.684. The summed E-state index contributed by atoms with van der Waals surface area (Å²) in [6, 6.07) is 7.90. The van der Waals surface area contributed by atoms with E-state index in [9.17, 15) is 22.4 Å². The van der Waals surface area contributed by atoms with Crippen LogP contribution in [0.4, 0.5) is 4.39 Å². The van der Waals surface area contributed by atoms with Crippen LogP contribution in [0.5, 0.6) is 0 Å². The number of carbonyl (C=O) groups excluding carboxylic acids is 2. The zero-order valence-corrected chi connectivity index (χ0v) is 19.4. The molecule has 10 heteroatoms. The number of likely N-dealkylation sites (N-methyl/N-ethyl adjacent to an activating group) is 1. The normalized spacial score (nSPS) is 18.2. The largest absolute Gasteiger partial charge is 0.368 e. The maximum atomic E-state index is 13.7. The fourth-order valence-corrected chi connectivity index (χ4v) is 6.01. The standard InChI is InChI=1S/C22H25ClFN3O4S/c1-14-5-4-10-27(13-14)32(30,31)19-12-16(8-9-18(19)23)22(29)26(2)20(21(25)28)15-6-3-7-17(24)11-15/h3,6-9,11-12,14,20H,4-5,10,13H2,1-2H3,(H2,25,28). The average molecular weight is 482 g/mol. The van der Waals surface area contributed by atoms with Gasteiger partial charge in [0.2, 0.25) is 15.9 Å². The third-order valence-electron chi connectivity index (χ3n) is 5.56. The Morgan fingerprint density at radius 3 is 2.59 bits per heavy atom. The number of nitrogens with zero attached hydrogens (tertiary/aromatic N) is 2. The van der Waals surface area contributed by atoms with E-state index in [0.29, 0.717) is 13.1 Å². The fraction of sp³-hybridized carbons (Fsp3) is 0.364. The van der Waals surface area contributed by atoms with E-state index in [1.54, 1.807) is 0 Å². The molecule has 1 aliphatic heterocycles. The molecule has 2 aromatic carbocycles. The van der Waals surface area contributed by atoms with Crippen molar-refractivity contribution in [2.75, 3.05) is 20.1 Å². The van der Waals surface area contributed by atoms with E-state index in [0.717, 1.165) is 23.8 Å². The van der Waals surface area contributed by atoms with Crippen LogP contribution in [-0.4, -0.2) is 49.6 Å². The predicted molar refractivity (Wildman–Crippen MR) is 119 cm³/mol. The molecule has 7 nitrogen and oxygen atoms in total. The number of nitrogens with two attached hydrogens (primary N) is 1. The highest BCUT2D eigenvalue weighted by Crippen LogP contribution is 2.30. The van der Waals surface area contributed by atoms with Crippen LogP contribution in [0.25, 0.3) is 0 Å². The summed E-state index contributed by atoms with van der Waals surface area (Å²) in [6.07, 6.45) is 1.69. The summed E-state index contributed by atoms with van der Waals surface area (Å²) in [4.78, 5) is 26.1. The molecular weight excluding hydrogens is 457 g/mol. The number of sulfonamides is 1. The number of rotatable bonds is 6. The summed E-state index contributed by atoms with van der Waals surface area (Å²) in [5.41, 5.74) is 5.71. The maximum absolute atomic E-state index is 13.7. The SMILES string of the molecule is CC1CCCN(S(=O)(=O)c2cc(C(=O)N(C)C(C(N)=O)c3cccc(F)c3)ccc2Cl)C1. The number of hydrogen-bond acceptors (Lipinski definition) is 4. The van der Waals surface area contributed by atoms with Crippen molar-refractivity contribution in [1.82, 2.24) is 9.21 Å². The number of halogens is 2. The second-order valence-corrected chi connectivity index (χ2v) is 10.3. The van der Waals surface area contributed by atoms with Crippen molar-refractivity contribution in [3.8, 4) is 0 Å². The molecule has 172 valence electrons. The molecule has 2 atom stereocenters. The Morgan fingerprint density at radius 1 is 1.25 bits per heavy atom. The van der Waals surface area contributed by atoms with Gasteiger partial charge >= 0.3 is 0 Å². The van der Waals surface area contributed by atoms with Crippen LogP contribution in [0.3, 0.4) is 0 Å². The van der Waals surface area contributed by atoms with Crippen molar-refractivity contribution >= 4 is 33.4 Å². The lowest BCUT2D eigenvalue weighted by Gasteiger charge is -2.30. The van der Waals surface area contributed by atoms with Crippen LogP contribution < -0.4 is 5.73 Å². The first-order valence-corrected chi connectivity index (χ1v) is 12.0. The molecule has 1 aliphatic rings. The number of primary amides is 1. The van der Waals surface area contributed by atoms with Gasteiger partial charge in [0, 0.05) is 25.7 Å². The zero-order valence-electron chi connectivity index (χ0n) is 17.8. The van der Waals surface area contributed by atoms with Crippen LogP contribution in [0.1, 0.15) is 41.7 Å². The van der Waals surface area contributed by atoms with Crippen molar-refractivity contribution < 1.29 is 22.4 Å². The van der Waals surface area contributed by atoms with E-state index >= 15 is 0 Å². The molecule has 2 unspecified atom stereocenters. The molecular formula is C22H25ClFN3O4S. The van der Waals surface area contributed by atoms with Crippen molar-refractivity contribution in [3.63, 3.8) is 0 Å². The Kier molecular flexibility index (Phi) is 7.22. The van der Waals surface area contributed by atoms with Gasteiger partial charge in [0.05, 0.1) is 5.02 Å². The number of amides is 2. The summed E-state index contributed by atoms with van der Waals surface area (Å²) in [6.45, 7) is 2.74. The van der Waals surface area contributed by atoms with Gasteiger partial charge in [0.15, 0.2) is 0 Å². The van der Waals surface area contributed by atoms with E-state index in [2.05, 4.69) is 0 Å². The van der Waals surface area contributed by atoms with Crippen LogP contribution in [-0.2, 0) is 14.8 Å². The number of benzene rings is 2. The fourth-order valence-electron chi connectivity index (χ4n) is 3.91. The lowest BCUT2D eigenvalue weighted by molar-refractivity contribution is -0.122. The highest BCUT2D eigenvalue weighted by atomic mass is 35.5. The van der Waals surface area contributed by atoms with E-state index in [1.165, 1.54) is 47.8 Å². The topological polar surface area (TPSA) is 101 Å². The molecule has 3 rings (SSSR count). The third-order valence-corrected chi connectivity index (χ3v) is 7.90. The summed E-state index contributed by atoms with van der Waals surface area (Å²) < 4.78 is 41.4. The van der Waals surface area contributed by atoms with Crippen molar-refractivity contribution in [2.45, 2.75) is 30.7 Å². The predicted octanol–water partition coefficient (Wildman–Crippen LogP) is 3.20. The molecule has 1 heterocycles. The van der Waals surface area contributed by atoms with E-state index in [1.807, 2.05) is 6.92 Å². The molecule has 2 aromatic rings. The Balaban J connectivity index is 1.96. The van der Waals surface area contributed by atoms with Gasteiger partial charge in [-0.3, -0.25) is 9.59 Å². The Hall–Kier alpha value is -2.49. The van der Waals surface area contributed by atoms with Gasteiger partial charge in [0.1, 0.15) is 16.8 Å². The highest BCUT2D eigenvalue weighted by Gasteiger charge is 2.32. The minimum Gasteiger partial charge on any atom is -0.368 e. The molecule has 0 aromatic heterocycles. The van der Waals surface area contributed by atoms with Crippen molar-refractivity contribution in [2.24, 2.45) is 11.7 Å². The number of carbonyl (C=O) groups is 2. The summed E-state index contributed by atoms with van der Waals surface area (Å²) in [7, 11) is -2.57. The van der Waals surface area contributed by atoms with Crippen LogP contribution in [0.15, 0.2) is 47.4 Å². The number of hydrogen-bond donors (Lipinski definition) is 1. The van der Waals surface area contributed by atoms with Gasteiger partial charge in [-0.15, -0.1) is 0 Å². The Bertz CT molecular complexity index is 1140. The molecule has 0 aliphatic carbocycles. The molecule has 0 bridgehead atoms. The van der Waals surface area contributed by atoms with E-state index in [-0.39, 0.29) is 27.0 Å². The van der Waals surface area contributed by atoms with Gasteiger partial charge in [-0.1, -0.05) is 30.7 Å². The first kappa shape index (κ1) is 24.2. The Morgan fingerprint density at radius 2 is 1.97 bits per heavy atom.